The molecule has 0 saturated carbocycles. The summed E-state index contributed by atoms with van der Waals surface area (Å²) in [5.41, 5.74) is -0.244. The van der Waals surface area contributed by atoms with E-state index in [-0.39, 0.29) is 5.89 Å². The standard InChI is InChI=1S/C9H5F3N2O/c10-9(11,12)7-3-1-6(2-4-7)8-13-5-14-15-8/h1-5H. The van der Waals surface area contributed by atoms with Crippen LogP contribution in [0, 0.1) is 0 Å². The van der Waals surface area contributed by atoms with E-state index in [2.05, 4.69) is 10.1 Å². The van der Waals surface area contributed by atoms with Crippen molar-refractivity contribution in [3.05, 3.63) is 36.2 Å². The van der Waals surface area contributed by atoms with Gasteiger partial charge in [-0.2, -0.15) is 18.2 Å². The SMILES string of the molecule is FC(F)(F)c1ccc(-c2ncno2)cc1. The third-order valence-electron chi connectivity index (χ3n) is 1.82. The number of alkyl halides is 3. The molecule has 78 valence electrons. The molecule has 0 atom stereocenters. The molecule has 2 aromatic rings. The summed E-state index contributed by atoms with van der Waals surface area (Å²) >= 11 is 0. The van der Waals surface area contributed by atoms with Crippen LogP contribution >= 0.6 is 0 Å². The molecule has 0 aliphatic rings. The van der Waals surface area contributed by atoms with E-state index in [0.717, 1.165) is 12.1 Å². The zero-order valence-corrected chi connectivity index (χ0v) is 7.32. The number of halogens is 3. The summed E-state index contributed by atoms with van der Waals surface area (Å²) in [5.74, 6) is 0.198. The van der Waals surface area contributed by atoms with Crippen molar-refractivity contribution in [2.75, 3.05) is 0 Å². The van der Waals surface area contributed by atoms with Gasteiger partial charge in [0.1, 0.15) is 0 Å². The summed E-state index contributed by atoms with van der Waals surface area (Å²) in [6, 6.07) is 4.52. The van der Waals surface area contributed by atoms with Gasteiger partial charge in [-0.05, 0) is 24.3 Å². The van der Waals surface area contributed by atoms with E-state index in [9.17, 15) is 13.2 Å². The molecule has 6 heteroatoms. The minimum atomic E-state index is -4.33. The molecule has 0 radical (unpaired) electrons. The number of benzene rings is 1. The molecule has 15 heavy (non-hydrogen) atoms. The lowest BCUT2D eigenvalue weighted by Crippen LogP contribution is -2.03. The van der Waals surface area contributed by atoms with Gasteiger partial charge in [0.2, 0.25) is 0 Å². The van der Waals surface area contributed by atoms with Crippen molar-refractivity contribution in [1.82, 2.24) is 10.1 Å². The van der Waals surface area contributed by atoms with Crippen LogP contribution in [0.4, 0.5) is 13.2 Å². The second-order valence-corrected chi connectivity index (χ2v) is 2.82. The molecule has 0 N–H and O–H groups in total. The maximum Gasteiger partial charge on any atom is 0.416 e. The van der Waals surface area contributed by atoms with Crippen molar-refractivity contribution in [3.63, 3.8) is 0 Å². The predicted octanol–water partition coefficient (Wildman–Crippen LogP) is 2.76. The normalized spacial score (nSPS) is 11.7. The molecule has 0 spiro atoms. The highest BCUT2D eigenvalue weighted by atomic mass is 19.4. The van der Waals surface area contributed by atoms with Crippen molar-refractivity contribution >= 4 is 0 Å². The van der Waals surface area contributed by atoms with Crippen molar-refractivity contribution in [2.24, 2.45) is 0 Å². The quantitative estimate of drug-likeness (QED) is 0.732. The minimum absolute atomic E-state index is 0.198. The molecule has 0 unspecified atom stereocenters. The van der Waals surface area contributed by atoms with E-state index in [0.29, 0.717) is 5.56 Å². The van der Waals surface area contributed by atoms with Crippen molar-refractivity contribution in [1.29, 1.82) is 0 Å². The highest BCUT2D eigenvalue weighted by Gasteiger charge is 2.30. The molecule has 0 fully saturated rings. The van der Waals surface area contributed by atoms with E-state index in [1.807, 2.05) is 0 Å². The summed E-state index contributed by atoms with van der Waals surface area (Å²) in [5, 5.41) is 3.36. The number of nitrogens with zero attached hydrogens (tertiary/aromatic N) is 2. The summed E-state index contributed by atoms with van der Waals surface area (Å²) in [4.78, 5) is 3.72. The summed E-state index contributed by atoms with van der Waals surface area (Å²) in [6.07, 6.45) is -3.14. The second kappa shape index (κ2) is 3.38. The first-order chi connectivity index (χ1) is 7.07. The van der Waals surface area contributed by atoms with E-state index in [1.165, 1.54) is 18.5 Å². The van der Waals surface area contributed by atoms with Gasteiger partial charge < -0.3 is 4.52 Å². The number of hydrogen-bond donors (Lipinski definition) is 0. The molecular weight excluding hydrogens is 209 g/mol. The van der Waals surface area contributed by atoms with Crippen LogP contribution in [0.25, 0.3) is 11.5 Å². The number of aromatic nitrogens is 2. The Balaban J connectivity index is 2.33. The van der Waals surface area contributed by atoms with Gasteiger partial charge in [0.15, 0.2) is 6.33 Å². The van der Waals surface area contributed by atoms with Gasteiger partial charge in [-0.1, -0.05) is 5.16 Å². The maximum absolute atomic E-state index is 12.2. The van der Waals surface area contributed by atoms with Gasteiger partial charge in [-0.3, -0.25) is 0 Å². The van der Waals surface area contributed by atoms with E-state index in [1.54, 1.807) is 0 Å². The Morgan fingerprint density at radius 1 is 1.07 bits per heavy atom. The Kier molecular flexibility index (Phi) is 2.18. The molecule has 0 saturated heterocycles. The van der Waals surface area contributed by atoms with Crippen LogP contribution in [0.5, 0.6) is 0 Å². The maximum atomic E-state index is 12.2. The van der Waals surface area contributed by atoms with E-state index >= 15 is 0 Å². The van der Waals surface area contributed by atoms with Crippen molar-refractivity contribution < 1.29 is 17.7 Å². The van der Waals surface area contributed by atoms with Gasteiger partial charge in [0, 0.05) is 5.56 Å². The summed E-state index contributed by atoms with van der Waals surface area (Å²) < 4.78 is 41.3. The Morgan fingerprint density at radius 2 is 1.73 bits per heavy atom. The van der Waals surface area contributed by atoms with Crippen LogP contribution in [0.15, 0.2) is 35.1 Å². The van der Waals surface area contributed by atoms with E-state index < -0.39 is 11.7 Å². The fraction of sp³-hybridized carbons (Fsp3) is 0.111. The highest BCUT2D eigenvalue weighted by Crippen LogP contribution is 2.30. The zero-order valence-electron chi connectivity index (χ0n) is 7.32. The largest absolute Gasteiger partial charge is 0.416 e. The second-order valence-electron chi connectivity index (χ2n) is 2.82. The topological polar surface area (TPSA) is 38.9 Å². The Bertz CT molecular complexity index is 433. The first-order valence-electron chi connectivity index (χ1n) is 4.02. The van der Waals surface area contributed by atoms with Crippen LogP contribution in [0.1, 0.15) is 5.56 Å². The summed E-state index contributed by atoms with van der Waals surface area (Å²) in [6.45, 7) is 0. The molecule has 3 nitrogen and oxygen atoms in total. The van der Waals surface area contributed by atoms with Gasteiger partial charge >= 0.3 is 6.18 Å². The zero-order chi connectivity index (χ0) is 10.9. The first-order valence-corrected chi connectivity index (χ1v) is 4.02. The third kappa shape index (κ3) is 1.98. The highest BCUT2D eigenvalue weighted by molar-refractivity contribution is 5.53. The molecule has 1 aromatic carbocycles. The summed E-state index contributed by atoms with van der Waals surface area (Å²) in [7, 11) is 0. The predicted molar refractivity (Wildman–Crippen MR) is 44.7 cm³/mol. The fourth-order valence-electron chi connectivity index (χ4n) is 1.10. The first kappa shape index (κ1) is 9.70. The Labute approximate surface area is 82.5 Å². The minimum Gasteiger partial charge on any atom is -0.334 e. The lowest BCUT2D eigenvalue weighted by atomic mass is 10.1. The van der Waals surface area contributed by atoms with Gasteiger partial charge in [-0.15, -0.1) is 0 Å². The van der Waals surface area contributed by atoms with Crippen molar-refractivity contribution in [2.45, 2.75) is 6.18 Å². The third-order valence-corrected chi connectivity index (χ3v) is 1.82. The molecule has 0 bridgehead atoms. The monoisotopic (exact) mass is 214 g/mol. The molecule has 1 heterocycles. The van der Waals surface area contributed by atoms with Crippen LogP contribution in [-0.2, 0) is 6.18 Å². The van der Waals surface area contributed by atoms with Crippen LogP contribution < -0.4 is 0 Å². The van der Waals surface area contributed by atoms with Crippen LogP contribution in [0.2, 0.25) is 0 Å². The lowest BCUT2D eigenvalue weighted by Gasteiger charge is -2.05. The smallest absolute Gasteiger partial charge is 0.334 e. The Morgan fingerprint density at radius 3 is 2.20 bits per heavy atom. The molecule has 0 aliphatic carbocycles. The van der Waals surface area contributed by atoms with Crippen LogP contribution in [-0.4, -0.2) is 10.1 Å². The van der Waals surface area contributed by atoms with E-state index in [4.69, 9.17) is 4.52 Å². The van der Waals surface area contributed by atoms with Gasteiger partial charge in [0.25, 0.3) is 5.89 Å². The molecule has 1 aromatic heterocycles. The molecule has 2 rings (SSSR count). The Hall–Kier alpha value is -1.85. The number of hydrogen-bond acceptors (Lipinski definition) is 3. The molecule has 0 aliphatic heterocycles. The lowest BCUT2D eigenvalue weighted by molar-refractivity contribution is -0.137. The fourth-order valence-corrected chi connectivity index (χ4v) is 1.10. The van der Waals surface area contributed by atoms with Crippen molar-refractivity contribution in [3.8, 4) is 11.5 Å². The number of rotatable bonds is 1. The molecule has 0 amide bonds. The van der Waals surface area contributed by atoms with Crippen LogP contribution in [0.3, 0.4) is 0 Å². The average Bonchev–Trinajstić information content (AvgIpc) is 2.69. The van der Waals surface area contributed by atoms with Gasteiger partial charge in [0.05, 0.1) is 5.56 Å². The van der Waals surface area contributed by atoms with Gasteiger partial charge in [-0.25, -0.2) is 0 Å². The average molecular weight is 214 g/mol. The molecular formula is C9H5F3N2O.